The summed E-state index contributed by atoms with van der Waals surface area (Å²) >= 11 is 0. The second-order valence-corrected chi connectivity index (χ2v) is 4.38. The normalized spacial score (nSPS) is 29.1. The fourth-order valence-electron chi connectivity index (χ4n) is 2.50. The average molecular weight is 184 g/mol. The third-order valence-corrected chi connectivity index (χ3v) is 3.25. The van der Waals surface area contributed by atoms with Gasteiger partial charge in [-0.25, -0.2) is 0 Å². The second-order valence-electron chi connectivity index (χ2n) is 4.38. The molecule has 2 heteroatoms. The van der Waals surface area contributed by atoms with Gasteiger partial charge in [-0.2, -0.15) is 0 Å². The number of piperidine rings is 1. The molecule has 2 N–H and O–H groups in total. The molecule has 1 fully saturated rings. The van der Waals surface area contributed by atoms with Crippen LogP contribution < -0.4 is 10.6 Å². The van der Waals surface area contributed by atoms with E-state index in [9.17, 15) is 0 Å². The first-order chi connectivity index (χ1) is 6.33. The van der Waals surface area contributed by atoms with E-state index in [2.05, 4.69) is 24.6 Å². The monoisotopic (exact) mass is 184 g/mol. The molecule has 0 aromatic carbocycles. The zero-order valence-corrected chi connectivity index (χ0v) is 9.16. The molecule has 0 aromatic rings. The maximum absolute atomic E-state index is 3.54. The van der Waals surface area contributed by atoms with Crippen molar-refractivity contribution in [3.8, 4) is 0 Å². The third kappa shape index (κ3) is 3.28. The van der Waals surface area contributed by atoms with Crippen LogP contribution in [0.2, 0.25) is 0 Å². The Morgan fingerprint density at radius 1 is 1.38 bits per heavy atom. The summed E-state index contributed by atoms with van der Waals surface area (Å²) in [5, 5.41) is 6.81. The number of nitrogens with one attached hydrogen (secondary N) is 2. The fourth-order valence-corrected chi connectivity index (χ4v) is 2.50. The predicted octanol–water partition coefficient (Wildman–Crippen LogP) is 1.77. The van der Waals surface area contributed by atoms with Gasteiger partial charge in [0.2, 0.25) is 0 Å². The Kier molecular flexibility index (Phi) is 4.74. The van der Waals surface area contributed by atoms with Crippen LogP contribution in [0.5, 0.6) is 0 Å². The Morgan fingerprint density at radius 2 is 2.23 bits per heavy atom. The summed E-state index contributed by atoms with van der Waals surface area (Å²) in [5.74, 6) is 0. The van der Waals surface area contributed by atoms with Crippen molar-refractivity contribution >= 4 is 0 Å². The molecule has 0 spiro atoms. The van der Waals surface area contributed by atoms with Gasteiger partial charge in [-0.3, -0.25) is 0 Å². The molecule has 78 valence electrons. The summed E-state index contributed by atoms with van der Waals surface area (Å²) < 4.78 is 0. The van der Waals surface area contributed by atoms with E-state index in [1.807, 2.05) is 0 Å². The zero-order valence-electron chi connectivity index (χ0n) is 9.16. The van der Waals surface area contributed by atoms with Gasteiger partial charge < -0.3 is 10.6 Å². The van der Waals surface area contributed by atoms with Crippen LogP contribution in [0, 0.1) is 5.41 Å². The van der Waals surface area contributed by atoms with Gasteiger partial charge in [-0.1, -0.05) is 13.3 Å². The molecule has 0 aromatic heterocycles. The van der Waals surface area contributed by atoms with Gasteiger partial charge in [-0.05, 0) is 51.2 Å². The van der Waals surface area contributed by atoms with Crippen LogP contribution in [-0.4, -0.2) is 26.7 Å². The van der Waals surface area contributed by atoms with Crippen molar-refractivity contribution in [2.75, 3.05) is 26.7 Å². The summed E-state index contributed by atoms with van der Waals surface area (Å²) in [7, 11) is 2.05. The molecule has 0 bridgehead atoms. The topological polar surface area (TPSA) is 24.1 Å². The highest BCUT2D eigenvalue weighted by Gasteiger charge is 2.29. The van der Waals surface area contributed by atoms with Gasteiger partial charge in [0.05, 0.1) is 0 Å². The molecule has 1 unspecified atom stereocenters. The maximum Gasteiger partial charge on any atom is 0.000829 e. The first-order valence-corrected chi connectivity index (χ1v) is 5.68. The number of hydrogen-bond acceptors (Lipinski definition) is 2. The van der Waals surface area contributed by atoms with Crippen LogP contribution in [0.25, 0.3) is 0 Å². The third-order valence-electron chi connectivity index (χ3n) is 3.25. The van der Waals surface area contributed by atoms with Gasteiger partial charge in [0, 0.05) is 6.54 Å². The van der Waals surface area contributed by atoms with Crippen molar-refractivity contribution in [1.29, 1.82) is 0 Å². The highest BCUT2D eigenvalue weighted by Crippen LogP contribution is 2.34. The van der Waals surface area contributed by atoms with E-state index in [0.717, 1.165) is 0 Å². The molecule has 1 aliphatic rings. The van der Waals surface area contributed by atoms with E-state index in [0.29, 0.717) is 5.41 Å². The lowest BCUT2D eigenvalue weighted by molar-refractivity contribution is 0.174. The van der Waals surface area contributed by atoms with Crippen molar-refractivity contribution in [1.82, 2.24) is 10.6 Å². The summed E-state index contributed by atoms with van der Waals surface area (Å²) in [6.07, 6.45) is 6.84. The van der Waals surface area contributed by atoms with E-state index in [1.54, 1.807) is 0 Å². The molecule has 13 heavy (non-hydrogen) atoms. The maximum atomic E-state index is 3.54. The molecule has 0 amide bonds. The Hall–Kier alpha value is -0.0800. The molecule has 1 heterocycles. The lowest BCUT2D eigenvalue weighted by Gasteiger charge is -2.38. The van der Waals surface area contributed by atoms with Crippen molar-refractivity contribution < 1.29 is 0 Å². The lowest BCUT2D eigenvalue weighted by Crippen LogP contribution is -2.41. The highest BCUT2D eigenvalue weighted by atomic mass is 14.9. The molecular weight excluding hydrogens is 160 g/mol. The van der Waals surface area contributed by atoms with Gasteiger partial charge in [0.1, 0.15) is 0 Å². The van der Waals surface area contributed by atoms with E-state index < -0.39 is 0 Å². The van der Waals surface area contributed by atoms with E-state index in [-0.39, 0.29) is 0 Å². The highest BCUT2D eigenvalue weighted by molar-refractivity contribution is 4.85. The Labute approximate surface area is 82.5 Å². The average Bonchev–Trinajstić information content (AvgIpc) is 2.17. The van der Waals surface area contributed by atoms with Gasteiger partial charge in [0.25, 0.3) is 0 Å². The Morgan fingerprint density at radius 3 is 2.77 bits per heavy atom. The molecule has 0 saturated carbocycles. The minimum absolute atomic E-state index is 0.607. The number of rotatable bonds is 5. The van der Waals surface area contributed by atoms with E-state index in [1.165, 1.54) is 51.7 Å². The van der Waals surface area contributed by atoms with Crippen molar-refractivity contribution in [3.63, 3.8) is 0 Å². The molecule has 2 nitrogen and oxygen atoms in total. The zero-order chi connectivity index (χ0) is 9.57. The number of hydrogen-bond donors (Lipinski definition) is 2. The minimum atomic E-state index is 0.607. The van der Waals surface area contributed by atoms with Crippen molar-refractivity contribution in [2.24, 2.45) is 5.41 Å². The Bertz CT molecular complexity index is 123. The first kappa shape index (κ1) is 11.0. The van der Waals surface area contributed by atoms with Gasteiger partial charge in [-0.15, -0.1) is 0 Å². The molecule has 1 saturated heterocycles. The fraction of sp³-hybridized carbons (Fsp3) is 1.00. The van der Waals surface area contributed by atoms with Crippen molar-refractivity contribution in [3.05, 3.63) is 0 Å². The van der Waals surface area contributed by atoms with Crippen LogP contribution in [0.3, 0.4) is 0 Å². The van der Waals surface area contributed by atoms with Crippen LogP contribution in [-0.2, 0) is 0 Å². The summed E-state index contributed by atoms with van der Waals surface area (Å²) in [6.45, 7) is 5.94. The van der Waals surface area contributed by atoms with Crippen LogP contribution in [0.4, 0.5) is 0 Å². The quantitative estimate of drug-likeness (QED) is 0.680. The molecule has 1 aliphatic heterocycles. The predicted molar refractivity (Wildman–Crippen MR) is 58.0 cm³/mol. The van der Waals surface area contributed by atoms with Crippen molar-refractivity contribution in [2.45, 2.75) is 39.0 Å². The van der Waals surface area contributed by atoms with Crippen LogP contribution >= 0.6 is 0 Å². The largest absolute Gasteiger partial charge is 0.320 e. The lowest BCUT2D eigenvalue weighted by atomic mass is 9.74. The second kappa shape index (κ2) is 5.61. The van der Waals surface area contributed by atoms with Gasteiger partial charge in [0.15, 0.2) is 0 Å². The summed E-state index contributed by atoms with van der Waals surface area (Å²) in [5.41, 5.74) is 0.607. The molecular formula is C11H24N2. The van der Waals surface area contributed by atoms with E-state index in [4.69, 9.17) is 0 Å². The van der Waals surface area contributed by atoms with Crippen LogP contribution in [0.1, 0.15) is 39.0 Å². The van der Waals surface area contributed by atoms with E-state index >= 15 is 0 Å². The molecule has 0 radical (unpaired) electrons. The van der Waals surface area contributed by atoms with Gasteiger partial charge >= 0.3 is 0 Å². The smallest absolute Gasteiger partial charge is 0.000829 e. The summed E-state index contributed by atoms with van der Waals surface area (Å²) in [6, 6.07) is 0. The minimum Gasteiger partial charge on any atom is -0.320 e. The van der Waals surface area contributed by atoms with Crippen LogP contribution in [0.15, 0.2) is 0 Å². The SMILES string of the molecule is CCCC1(CCNC)CCCNC1. The molecule has 1 atom stereocenters. The molecule has 0 aliphatic carbocycles. The standard InChI is InChI=1S/C11H24N2/c1-3-5-11(7-9-12-2)6-4-8-13-10-11/h12-13H,3-10H2,1-2H3. The molecule has 1 rings (SSSR count). The Balaban J connectivity index is 2.40. The first-order valence-electron chi connectivity index (χ1n) is 5.68. The summed E-state index contributed by atoms with van der Waals surface area (Å²) in [4.78, 5) is 0.